The lowest BCUT2D eigenvalue weighted by Crippen LogP contribution is -2.69. The second-order valence-electron chi connectivity index (χ2n) is 11.9. The number of methoxy groups -OCH3 is 1. The van der Waals surface area contributed by atoms with Crippen LogP contribution in [0, 0.1) is 5.92 Å². The highest BCUT2D eigenvalue weighted by molar-refractivity contribution is 5.96. The van der Waals surface area contributed by atoms with Crippen LogP contribution in [-0.4, -0.2) is 93.9 Å². The maximum absolute atomic E-state index is 12.5. The molecule has 2 aromatic carbocycles. The molecule has 0 aromatic heterocycles. The van der Waals surface area contributed by atoms with Crippen LogP contribution in [0.2, 0.25) is 0 Å². The Morgan fingerprint density at radius 2 is 1.02 bits per heavy atom. The smallest absolute Gasteiger partial charge is 0.338 e. The molecule has 4 unspecified atom stereocenters. The van der Waals surface area contributed by atoms with Gasteiger partial charge in [-0.3, -0.25) is 4.79 Å². The van der Waals surface area contributed by atoms with Crippen LogP contribution in [0.1, 0.15) is 82.0 Å². The molecule has 1 aliphatic carbocycles. The summed E-state index contributed by atoms with van der Waals surface area (Å²) in [7, 11) is 1.52. The predicted molar refractivity (Wildman–Crippen MR) is 161 cm³/mol. The Hall–Kier alpha value is -3.64. The molecule has 0 radical (unpaired) electrons. The van der Waals surface area contributed by atoms with E-state index in [0.717, 1.165) is 12.8 Å². The van der Waals surface area contributed by atoms with Gasteiger partial charge in [-0.2, -0.15) is 0 Å². The minimum atomic E-state index is -0.761. The molecular formula is C34H42O11. The van der Waals surface area contributed by atoms with E-state index in [4.69, 9.17) is 33.2 Å². The van der Waals surface area contributed by atoms with Crippen LogP contribution in [-0.2, 0) is 33.2 Å². The van der Waals surface area contributed by atoms with Crippen LogP contribution < -0.4 is 0 Å². The minimum Gasteiger partial charge on any atom is -0.460 e. The third-order valence-corrected chi connectivity index (χ3v) is 8.42. The first-order valence-electron chi connectivity index (χ1n) is 15.1. The van der Waals surface area contributed by atoms with Crippen molar-refractivity contribution in [2.75, 3.05) is 46.8 Å². The highest BCUT2D eigenvalue weighted by Crippen LogP contribution is 2.51. The standard InChI is InChI=1S/C34H42O11/c1-22(35)23-6-8-24(9-7-23)31(37)43-18-16-40-28-20-27-21-29(34(28,4)45-33(27,2)3)41-17-19-44-32(38)26-12-10-25(11-13-26)30(36)42-15-14-39-5/h6-13,27-29H,14-21H2,1-5H3. The summed E-state index contributed by atoms with van der Waals surface area (Å²) in [5.74, 6) is -1.42. The van der Waals surface area contributed by atoms with E-state index in [2.05, 4.69) is 13.8 Å². The van der Waals surface area contributed by atoms with Gasteiger partial charge in [-0.25, -0.2) is 14.4 Å². The predicted octanol–water partition coefficient (Wildman–Crippen LogP) is 4.45. The van der Waals surface area contributed by atoms with Crippen LogP contribution in [0.25, 0.3) is 0 Å². The van der Waals surface area contributed by atoms with Crippen LogP contribution in [0.5, 0.6) is 0 Å². The molecule has 2 saturated heterocycles. The number of hydrogen-bond acceptors (Lipinski definition) is 11. The molecule has 2 aromatic rings. The largest absolute Gasteiger partial charge is 0.460 e. The van der Waals surface area contributed by atoms with E-state index in [1.165, 1.54) is 38.3 Å². The van der Waals surface area contributed by atoms with Crippen molar-refractivity contribution in [1.29, 1.82) is 0 Å². The number of hydrogen-bond donors (Lipinski definition) is 0. The van der Waals surface area contributed by atoms with E-state index in [9.17, 15) is 19.2 Å². The molecule has 0 spiro atoms. The zero-order chi connectivity index (χ0) is 32.6. The van der Waals surface area contributed by atoms with Gasteiger partial charge in [-0.15, -0.1) is 0 Å². The van der Waals surface area contributed by atoms with Gasteiger partial charge in [0.1, 0.15) is 25.4 Å². The molecule has 244 valence electrons. The minimum absolute atomic E-state index is 0.0369. The van der Waals surface area contributed by atoms with Gasteiger partial charge in [-0.05, 0) is 82.9 Å². The van der Waals surface area contributed by atoms with Crippen LogP contribution >= 0.6 is 0 Å². The number of esters is 3. The number of carbonyl (C=O) groups is 4. The topological polar surface area (TPSA) is 133 Å². The summed E-state index contributed by atoms with van der Waals surface area (Å²) in [5, 5.41) is 0. The van der Waals surface area contributed by atoms with Gasteiger partial charge in [0.25, 0.3) is 0 Å². The SMILES string of the molecule is COCCOC(=O)c1ccc(C(=O)OCCOC2CC3CC(OCCOC(=O)c4ccc(C(C)=O)cc4)C2(C)OC3(C)C)cc1. The molecule has 45 heavy (non-hydrogen) atoms. The van der Waals surface area contributed by atoms with Crippen molar-refractivity contribution in [3.05, 3.63) is 70.8 Å². The third-order valence-electron chi connectivity index (χ3n) is 8.42. The summed E-state index contributed by atoms with van der Waals surface area (Å²) < 4.78 is 39.6. The van der Waals surface area contributed by atoms with Crippen molar-refractivity contribution >= 4 is 23.7 Å². The Bertz CT molecular complexity index is 1330. The number of rotatable bonds is 15. The Labute approximate surface area is 263 Å². The van der Waals surface area contributed by atoms with Gasteiger partial charge in [0.15, 0.2) is 5.78 Å². The monoisotopic (exact) mass is 626 g/mol. The summed E-state index contributed by atoms with van der Waals surface area (Å²) >= 11 is 0. The van der Waals surface area contributed by atoms with E-state index in [0.29, 0.717) is 28.9 Å². The first-order chi connectivity index (χ1) is 21.4. The quantitative estimate of drug-likeness (QED) is 0.120. The lowest BCUT2D eigenvalue weighted by atomic mass is 9.65. The third kappa shape index (κ3) is 8.55. The number of ether oxygens (including phenoxy) is 7. The van der Waals surface area contributed by atoms with E-state index >= 15 is 0 Å². The van der Waals surface area contributed by atoms with Crippen LogP contribution in [0.4, 0.5) is 0 Å². The Kier molecular flexibility index (Phi) is 11.5. The highest BCUT2D eigenvalue weighted by atomic mass is 16.6. The fourth-order valence-electron chi connectivity index (χ4n) is 5.81. The molecule has 0 amide bonds. The molecule has 3 fully saturated rings. The molecule has 0 N–H and O–H groups in total. The van der Waals surface area contributed by atoms with Gasteiger partial charge in [0.2, 0.25) is 0 Å². The maximum atomic E-state index is 12.5. The number of fused-ring (bicyclic) bond motifs is 3. The molecule has 1 saturated carbocycles. The Balaban J connectivity index is 1.23. The Morgan fingerprint density at radius 3 is 1.40 bits per heavy atom. The molecule has 2 bridgehead atoms. The lowest BCUT2D eigenvalue weighted by molar-refractivity contribution is -0.326. The van der Waals surface area contributed by atoms with Crippen molar-refractivity contribution in [2.24, 2.45) is 5.92 Å². The summed E-state index contributed by atoms with van der Waals surface area (Å²) in [6.45, 7) is 8.45. The van der Waals surface area contributed by atoms with Crippen molar-refractivity contribution in [2.45, 2.75) is 63.9 Å². The zero-order valence-electron chi connectivity index (χ0n) is 26.5. The van der Waals surface area contributed by atoms with Crippen LogP contribution in [0.15, 0.2) is 48.5 Å². The number of Topliss-reactive ketones (excluding diaryl/α,β-unsaturated/α-hetero) is 1. The van der Waals surface area contributed by atoms with Gasteiger partial charge in [-0.1, -0.05) is 12.1 Å². The fraction of sp³-hybridized carbons (Fsp3) is 0.529. The summed E-state index contributed by atoms with van der Waals surface area (Å²) in [6.07, 6.45) is 0.961. The fourth-order valence-corrected chi connectivity index (χ4v) is 5.81. The molecular weight excluding hydrogens is 584 g/mol. The first kappa shape index (κ1) is 34.2. The second-order valence-corrected chi connectivity index (χ2v) is 11.9. The molecule has 11 nitrogen and oxygen atoms in total. The normalized spacial score (nSPS) is 23.3. The van der Waals surface area contributed by atoms with Gasteiger partial charge in [0.05, 0.1) is 54.3 Å². The lowest BCUT2D eigenvalue weighted by Gasteiger charge is -2.60. The van der Waals surface area contributed by atoms with Crippen molar-refractivity contribution in [1.82, 2.24) is 0 Å². The van der Waals surface area contributed by atoms with Crippen molar-refractivity contribution < 1.29 is 52.3 Å². The Morgan fingerprint density at radius 1 is 0.644 bits per heavy atom. The van der Waals surface area contributed by atoms with Crippen LogP contribution in [0.3, 0.4) is 0 Å². The highest BCUT2D eigenvalue weighted by Gasteiger charge is 2.60. The summed E-state index contributed by atoms with van der Waals surface area (Å²) in [4.78, 5) is 48.4. The number of benzene rings is 2. The number of carbonyl (C=O) groups excluding carboxylic acids is 4. The van der Waals surface area contributed by atoms with E-state index in [1.54, 1.807) is 24.3 Å². The maximum Gasteiger partial charge on any atom is 0.338 e. The first-order valence-corrected chi connectivity index (χ1v) is 15.1. The van der Waals surface area contributed by atoms with Gasteiger partial charge in [0, 0.05) is 12.7 Å². The van der Waals surface area contributed by atoms with Crippen molar-refractivity contribution in [3.63, 3.8) is 0 Å². The second kappa shape index (κ2) is 15.1. The van der Waals surface area contributed by atoms with Gasteiger partial charge >= 0.3 is 17.9 Å². The molecule has 2 heterocycles. The van der Waals surface area contributed by atoms with E-state index < -0.39 is 23.5 Å². The summed E-state index contributed by atoms with van der Waals surface area (Å²) in [6, 6.07) is 12.4. The van der Waals surface area contributed by atoms with Gasteiger partial charge < -0.3 is 33.2 Å². The molecule has 4 atom stereocenters. The average Bonchev–Trinajstić information content (AvgIpc) is 3.01. The average molecular weight is 627 g/mol. The molecule has 11 heteroatoms. The number of ketones is 1. The van der Waals surface area contributed by atoms with Crippen molar-refractivity contribution in [3.8, 4) is 0 Å². The van der Waals surface area contributed by atoms with E-state index in [1.807, 2.05) is 6.92 Å². The molecule has 2 aliphatic heterocycles. The zero-order valence-corrected chi connectivity index (χ0v) is 26.5. The summed E-state index contributed by atoms with van der Waals surface area (Å²) in [5.41, 5.74) is 0.394. The molecule has 5 rings (SSSR count). The van der Waals surface area contributed by atoms with E-state index in [-0.39, 0.29) is 62.5 Å². The molecule has 3 aliphatic rings.